The third-order valence-electron chi connectivity index (χ3n) is 2.31. The van der Waals surface area contributed by atoms with Gasteiger partial charge in [0.1, 0.15) is 0 Å². The molecule has 0 heterocycles. The fourth-order valence-corrected chi connectivity index (χ4v) is 3.59. The predicted octanol–water partition coefficient (Wildman–Crippen LogP) is 4.28. The Morgan fingerprint density at radius 3 is 1.94 bits per heavy atom. The molecule has 0 aliphatic carbocycles. The van der Waals surface area contributed by atoms with Crippen molar-refractivity contribution in [3.05, 3.63) is 38.0 Å². The molecule has 0 aliphatic rings. The van der Waals surface area contributed by atoms with Gasteiger partial charge in [0.05, 0.1) is 0 Å². The molecule has 0 saturated heterocycles. The van der Waals surface area contributed by atoms with Crippen molar-refractivity contribution < 1.29 is 13.6 Å². The first kappa shape index (κ1) is 17.5. The van der Waals surface area contributed by atoms with Crippen molar-refractivity contribution in [3.63, 3.8) is 0 Å². The van der Waals surface area contributed by atoms with Gasteiger partial charge < -0.3 is 0 Å². The number of rotatable bonds is 13. The first-order valence-electron chi connectivity index (χ1n) is 6.49. The summed E-state index contributed by atoms with van der Waals surface area (Å²) in [5, 5.41) is 0. The van der Waals surface area contributed by atoms with Gasteiger partial charge >= 0.3 is 112 Å². The van der Waals surface area contributed by atoms with Crippen molar-refractivity contribution in [1.29, 1.82) is 0 Å². The van der Waals surface area contributed by atoms with Gasteiger partial charge in [-0.15, -0.1) is 0 Å². The first-order chi connectivity index (χ1) is 8.74. The molecule has 18 heavy (non-hydrogen) atoms. The molecule has 0 aliphatic heterocycles. The summed E-state index contributed by atoms with van der Waals surface area (Å²) >= 11 is 0. The zero-order chi connectivity index (χ0) is 13.7. The van der Waals surface area contributed by atoms with Crippen molar-refractivity contribution in [1.82, 2.24) is 0 Å². The quantitative estimate of drug-likeness (QED) is 0.285. The maximum atomic E-state index is 5.90. The second-order valence-corrected chi connectivity index (χ2v) is 6.57. The second-order valence-electron chi connectivity index (χ2n) is 3.93. The van der Waals surface area contributed by atoms with E-state index in [4.69, 9.17) is 13.6 Å². The molecule has 0 aromatic rings. The third kappa shape index (κ3) is 7.78. The molecule has 4 heteroatoms. The molecular weight excluding hydrogens is 247 g/mol. The van der Waals surface area contributed by atoms with Crippen molar-refractivity contribution in [2.24, 2.45) is 0 Å². The molecule has 0 N–H and O–H groups in total. The van der Waals surface area contributed by atoms with E-state index in [0.29, 0.717) is 26.0 Å². The van der Waals surface area contributed by atoms with E-state index in [0.717, 1.165) is 12.8 Å². The van der Waals surface area contributed by atoms with E-state index >= 15 is 0 Å². The van der Waals surface area contributed by atoms with Crippen LogP contribution < -0.4 is 0 Å². The molecule has 0 radical (unpaired) electrons. The van der Waals surface area contributed by atoms with E-state index in [1.165, 1.54) is 6.42 Å². The first-order valence-corrected chi connectivity index (χ1v) is 8.42. The summed E-state index contributed by atoms with van der Waals surface area (Å²) in [6.45, 7) is 14.8. The Morgan fingerprint density at radius 2 is 1.50 bits per heavy atom. The molecule has 106 valence electrons. The van der Waals surface area contributed by atoms with Crippen LogP contribution in [0.5, 0.6) is 0 Å². The van der Waals surface area contributed by atoms with Gasteiger partial charge in [0, 0.05) is 0 Å². The van der Waals surface area contributed by atoms with Crippen LogP contribution in [0.3, 0.4) is 0 Å². The van der Waals surface area contributed by atoms with Crippen LogP contribution in [-0.4, -0.2) is 26.0 Å². The van der Waals surface area contributed by atoms with E-state index in [1.54, 1.807) is 18.2 Å². The van der Waals surface area contributed by atoms with Crippen LogP contribution in [-0.2, 0) is 13.6 Å². The molecule has 0 aromatic heterocycles. The van der Waals surface area contributed by atoms with Gasteiger partial charge in [0.15, 0.2) is 0 Å². The van der Waals surface area contributed by atoms with Gasteiger partial charge in [-0.25, -0.2) is 0 Å². The maximum absolute atomic E-state index is 5.90. The molecule has 0 unspecified atom stereocenters. The van der Waals surface area contributed by atoms with Gasteiger partial charge in [-0.1, -0.05) is 0 Å². The van der Waals surface area contributed by atoms with Crippen LogP contribution in [0.2, 0.25) is 0 Å². The Labute approximate surface area is 112 Å². The van der Waals surface area contributed by atoms with Crippen molar-refractivity contribution in [3.8, 4) is 0 Å². The van der Waals surface area contributed by atoms with Gasteiger partial charge in [-0.3, -0.25) is 0 Å². The van der Waals surface area contributed by atoms with Crippen LogP contribution in [0.4, 0.5) is 0 Å². The SMILES string of the molecule is C=CCO[PH](CC=C)(OCC=C)OCCCCC. The number of hydrogen-bond acceptors (Lipinski definition) is 3. The van der Waals surface area contributed by atoms with Crippen molar-refractivity contribution in [2.75, 3.05) is 26.0 Å². The van der Waals surface area contributed by atoms with Crippen molar-refractivity contribution in [2.45, 2.75) is 26.2 Å². The van der Waals surface area contributed by atoms with Gasteiger partial charge in [-0.05, 0) is 0 Å². The van der Waals surface area contributed by atoms with E-state index in [1.807, 2.05) is 0 Å². The van der Waals surface area contributed by atoms with Crippen LogP contribution in [0.15, 0.2) is 38.0 Å². The van der Waals surface area contributed by atoms with E-state index in [-0.39, 0.29) is 0 Å². The Morgan fingerprint density at radius 1 is 0.889 bits per heavy atom. The van der Waals surface area contributed by atoms with Gasteiger partial charge in [-0.2, -0.15) is 0 Å². The Bertz CT molecular complexity index is 229. The molecule has 0 bridgehead atoms. The zero-order valence-electron chi connectivity index (χ0n) is 11.5. The zero-order valence-corrected chi connectivity index (χ0v) is 12.5. The summed E-state index contributed by atoms with van der Waals surface area (Å²) in [6.07, 6.45) is 9.16. The minimum atomic E-state index is -2.65. The van der Waals surface area contributed by atoms with E-state index in [2.05, 4.69) is 26.7 Å². The average molecular weight is 274 g/mol. The number of allylic oxidation sites excluding steroid dienone is 1. The summed E-state index contributed by atoms with van der Waals surface area (Å²) < 4.78 is 17.4. The summed E-state index contributed by atoms with van der Waals surface area (Å²) in [5.74, 6) is 0. The van der Waals surface area contributed by atoms with E-state index in [9.17, 15) is 0 Å². The summed E-state index contributed by atoms with van der Waals surface area (Å²) in [6, 6.07) is 0. The molecule has 0 saturated carbocycles. The minimum absolute atomic E-state index is 0.435. The topological polar surface area (TPSA) is 27.7 Å². The molecule has 0 rings (SSSR count). The van der Waals surface area contributed by atoms with E-state index < -0.39 is 7.94 Å². The molecule has 3 nitrogen and oxygen atoms in total. The fourth-order valence-electron chi connectivity index (χ4n) is 1.43. The molecular formula is C14H27O3P. The number of hydrogen-bond donors (Lipinski definition) is 0. The predicted molar refractivity (Wildman–Crippen MR) is 81.2 cm³/mol. The standard InChI is InChI=1S/C14H27O3P/c1-5-9-10-13-17-18(14-8-4,15-11-6-2)16-12-7-3/h6-8,18H,2-5,9-14H2,1H3. The van der Waals surface area contributed by atoms with Crippen LogP contribution >= 0.6 is 7.94 Å². The van der Waals surface area contributed by atoms with Crippen molar-refractivity contribution >= 4 is 7.94 Å². The monoisotopic (exact) mass is 274 g/mol. The summed E-state index contributed by atoms with van der Waals surface area (Å²) in [5.41, 5.74) is 0. The molecule has 0 atom stereocenters. The van der Waals surface area contributed by atoms with Gasteiger partial charge in [0.2, 0.25) is 0 Å². The fraction of sp³-hybridized carbons (Fsp3) is 0.571. The molecule has 0 aromatic carbocycles. The Hall–Kier alpha value is -0.470. The Kier molecular flexibility index (Phi) is 11.3. The average Bonchev–Trinajstić information content (AvgIpc) is 2.39. The normalized spacial score (nSPS) is 12.1. The van der Waals surface area contributed by atoms with Crippen LogP contribution in [0.25, 0.3) is 0 Å². The second kappa shape index (κ2) is 11.6. The van der Waals surface area contributed by atoms with Crippen LogP contribution in [0, 0.1) is 0 Å². The molecule has 0 amide bonds. The van der Waals surface area contributed by atoms with Crippen LogP contribution in [0.1, 0.15) is 26.2 Å². The molecule has 0 fully saturated rings. The third-order valence-corrected chi connectivity index (χ3v) is 4.95. The number of unbranched alkanes of at least 4 members (excludes halogenated alkanes) is 2. The summed E-state index contributed by atoms with van der Waals surface area (Å²) in [7, 11) is -2.65. The Balaban J connectivity index is 4.42. The molecule has 0 spiro atoms. The van der Waals surface area contributed by atoms with Gasteiger partial charge in [0.25, 0.3) is 0 Å². The summed E-state index contributed by atoms with van der Waals surface area (Å²) in [4.78, 5) is 0.